The predicted octanol–water partition coefficient (Wildman–Crippen LogP) is 4.37. The molecule has 2 aromatic carbocycles. The Kier molecular flexibility index (Phi) is 6.07. The molecule has 0 saturated carbocycles. The van der Waals surface area contributed by atoms with Gasteiger partial charge in [0.1, 0.15) is 0 Å². The molecule has 0 aromatic heterocycles. The number of carbonyl (C=O) groups is 1. The van der Waals surface area contributed by atoms with E-state index >= 15 is 0 Å². The van der Waals surface area contributed by atoms with Gasteiger partial charge in [-0.2, -0.15) is 0 Å². The van der Waals surface area contributed by atoms with E-state index in [-0.39, 0.29) is 5.91 Å². The molecule has 4 nitrogen and oxygen atoms in total. The number of nitrogens with one attached hydrogen (secondary N) is 1. The molecule has 0 bridgehead atoms. The van der Waals surface area contributed by atoms with Crippen molar-refractivity contribution < 1.29 is 4.79 Å². The molecule has 0 radical (unpaired) electrons. The minimum Gasteiger partial charge on any atom is -0.369 e. The number of rotatable bonds is 4. The van der Waals surface area contributed by atoms with Crippen LogP contribution in [0.15, 0.2) is 36.4 Å². The fourth-order valence-corrected chi connectivity index (χ4v) is 3.59. The average Bonchev–Trinajstić information content (AvgIpc) is 2.57. The van der Waals surface area contributed by atoms with Crippen molar-refractivity contribution in [2.24, 2.45) is 0 Å². The molecule has 1 N–H and O–H groups in total. The third-order valence-corrected chi connectivity index (χ3v) is 5.25. The van der Waals surface area contributed by atoms with Crippen LogP contribution in [0, 0.1) is 13.8 Å². The maximum Gasteiger partial charge on any atom is 0.238 e. The minimum absolute atomic E-state index is 0.0259. The van der Waals surface area contributed by atoms with Gasteiger partial charge in [0.2, 0.25) is 5.91 Å². The van der Waals surface area contributed by atoms with E-state index in [4.69, 9.17) is 23.2 Å². The van der Waals surface area contributed by atoms with E-state index in [0.29, 0.717) is 16.6 Å². The zero-order valence-electron chi connectivity index (χ0n) is 15.1. The van der Waals surface area contributed by atoms with Crippen LogP contribution >= 0.6 is 23.2 Å². The van der Waals surface area contributed by atoms with Gasteiger partial charge in [0.25, 0.3) is 0 Å². The summed E-state index contributed by atoms with van der Waals surface area (Å²) in [4.78, 5) is 16.8. The molecule has 1 aliphatic heterocycles. The second-order valence-electron chi connectivity index (χ2n) is 6.79. The second kappa shape index (κ2) is 8.30. The van der Waals surface area contributed by atoms with Crippen LogP contribution in [0.4, 0.5) is 11.4 Å². The number of halogens is 2. The molecule has 0 atom stereocenters. The van der Waals surface area contributed by atoms with E-state index in [2.05, 4.69) is 21.2 Å². The summed E-state index contributed by atoms with van der Waals surface area (Å²) in [6.07, 6.45) is 0. The first kappa shape index (κ1) is 19.0. The Balaban J connectivity index is 1.51. The molecular weight excluding hydrogens is 369 g/mol. The van der Waals surface area contributed by atoms with Crippen molar-refractivity contribution >= 4 is 40.5 Å². The lowest BCUT2D eigenvalue weighted by Crippen LogP contribution is -2.48. The number of hydrogen-bond acceptors (Lipinski definition) is 3. The highest BCUT2D eigenvalue weighted by Crippen LogP contribution is 2.27. The van der Waals surface area contributed by atoms with Gasteiger partial charge >= 0.3 is 0 Å². The average molecular weight is 392 g/mol. The Morgan fingerprint density at radius 3 is 2.23 bits per heavy atom. The maximum atomic E-state index is 12.3. The van der Waals surface area contributed by atoms with Crippen molar-refractivity contribution in [3.05, 3.63) is 57.6 Å². The molecular formula is C20H23Cl2N3O. The van der Waals surface area contributed by atoms with Crippen molar-refractivity contribution in [3.8, 4) is 0 Å². The molecule has 1 heterocycles. The van der Waals surface area contributed by atoms with Gasteiger partial charge in [-0.3, -0.25) is 9.69 Å². The van der Waals surface area contributed by atoms with Crippen LogP contribution < -0.4 is 10.2 Å². The number of hydrogen-bond donors (Lipinski definition) is 1. The van der Waals surface area contributed by atoms with Gasteiger partial charge in [-0.25, -0.2) is 0 Å². The van der Waals surface area contributed by atoms with Gasteiger partial charge in [-0.1, -0.05) is 29.3 Å². The van der Waals surface area contributed by atoms with E-state index < -0.39 is 0 Å². The normalized spacial score (nSPS) is 15.2. The Hall–Kier alpha value is -1.75. The lowest BCUT2D eigenvalue weighted by molar-refractivity contribution is -0.117. The summed E-state index contributed by atoms with van der Waals surface area (Å²) in [5, 5.41) is 4.14. The number of aryl methyl sites for hydroxylation is 2. The molecule has 0 unspecified atom stereocenters. The third-order valence-electron chi connectivity index (χ3n) is 4.51. The lowest BCUT2D eigenvalue weighted by atomic mass is 10.1. The van der Waals surface area contributed by atoms with Crippen molar-refractivity contribution in [3.63, 3.8) is 0 Å². The summed E-state index contributed by atoms with van der Waals surface area (Å²) >= 11 is 12.1. The monoisotopic (exact) mass is 391 g/mol. The van der Waals surface area contributed by atoms with Gasteiger partial charge in [0.05, 0.1) is 16.6 Å². The number of carbonyl (C=O) groups excluding carboxylic acids is 1. The highest BCUT2D eigenvalue weighted by Gasteiger charge is 2.19. The molecule has 1 amide bonds. The van der Waals surface area contributed by atoms with E-state index in [1.165, 1.54) is 0 Å². The Labute approximate surface area is 164 Å². The largest absolute Gasteiger partial charge is 0.369 e. The topological polar surface area (TPSA) is 35.6 Å². The van der Waals surface area contributed by atoms with Gasteiger partial charge in [-0.05, 0) is 55.3 Å². The molecule has 1 saturated heterocycles. The zero-order chi connectivity index (χ0) is 18.7. The summed E-state index contributed by atoms with van der Waals surface area (Å²) in [5.41, 5.74) is 4.23. The molecule has 0 spiro atoms. The molecule has 26 heavy (non-hydrogen) atoms. The van der Waals surface area contributed by atoms with Crippen LogP contribution in [-0.4, -0.2) is 43.5 Å². The summed E-state index contributed by atoms with van der Waals surface area (Å²) in [7, 11) is 0. The molecule has 6 heteroatoms. The lowest BCUT2D eigenvalue weighted by Gasteiger charge is -2.35. The van der Waals surface area contributed by atoms with Gasteiger partial charge < -0.3 is 10.2 Å². The number of benzene rings is 2. The smallest absolute Gasteiger partial charge is 0.238 e. The van der Waals surface area contributed by atoms with Crippen LogP contribution in [0.5, 0.6) is 0 Å². The van der Waals surface area contributed by atoms with E-state index in [1.807, 2.05) is 44.2 Å². The number of nitrogens with zero attached hydrogens (tertiary/aromatic N) is 2. The Morgan fingerprint density at radius 2 is 1.62 bits per heavy atom. The van der Waals surface area contributed by atoms with Crippen LogP contribution in [0.2, 0.25) is 10.0 Å². The van der Waals surface area contributed by atoms with Crippen LogP contribution in [0.25, 0.3) is 0 Å². The Morgan fingerprint density at radius 1 is 0.962 bits per heavy atom. The fraction of sp³-hybridized carbons (Fsp3) is 0.350. The first-order valence-electron chi connectivity index (χ1n) is 8.71. The zero-order valence-corrected chi connectivity index (χ0v) is 16.6. The van der Waals surface area contributed by atoms with E-state index in [0.717, 1.165) is 48.7 Å². The quantitative estimate of drug-likeness (QED) is 0.839. The highest BCUT2D eigenvalue weighted by atomic mass is 35.5. The highest BCUT2D eigenvalue weighted by molar-refractivity contribution is 6.42. The molecule has 2 aromatic rings. The summed E-state index contributed by atoms with van der Waals surface area (Å²) in [6.45, 7) is 7.85. The molecule has 3 rings (SSSR count). The molecule has 1 aliphatic rings. The molecule has 138 valence electrons. The third kappa shape index (κ3) is 4.91. The van der Waals surface area contributed by atoms with Gasteiger partial charge in [0, 0.05) is 37.6 Å². The Bertz CT molecular complexity index is 781. The molecule has 0 aliphatic carbocycles. The van der Waals surface area contributed by atoms with Crippen molar-refractivity contribution in [1.82, 2.24) is 4.90 Å². The molecule has 1 fully saturated rings. The summed E-state index contributed by atoms with van der Waals surface area (Å²) in [5.74, 6) is 0.0259. The van der Waals surface area contributed by atoms with Crippen LogP contribution in [0.3, 0.4) is 0 Å². The van der Waals surface area contributed by atoms with Crippen LogP contribution in [0.1, 0.15) is 11.1 Å². The SMILES string of the molecule is Cc1cc(C)cc(NC(=O)CN2CCN(c3ccc(Cl)c(Cl)c3)CC2)c1. The fourth-order valence-electron chi connectivity index (χ4n) is 3.30. The predicted molar refractivity (Wildman–Crippen MR) is 110 cm³/mol. The summed E-state index contributed by atoms with van der Waals surface area (Å²) < 4.78 is 0. The van der Waals surface area contributed by atoms with Gasteiger partial charge in [0.15, 0.2) is 0 Å². The minimum atomic E-state index is 0.0259. The van der Waals surface area contributed by atoms with Crippen molar-refractivity contribution in [2.75, 3.05) is 42.9 Å². The number of amides is 1. The first-order chi connectivity index (χ1) is 12.4. The summed E-state index contributed by atoms with van der Waals surface area (Å²) in [6, 6.07) is 11.8. The van der Waals surface area contributed by atoms with E-state index in [9.17, 15) is 4.79 Å². The van der Waals surface area contributed by atoms with Crippen molar-refractivity contribution in [2.45, 2.75) is 13.8 Å². The van der Waals surface area contributed by atoms with Gasteiger partial charge in [-0.15, -0.1) is 0 Å². The van der Waals surface area contributed by atoms with Crippen LogP contribution in [-0.2, 0) is 4.79 Å². The number of piperazine rings is 1. The number of anilines is 2. The standard InChI is InChI=1S/C20H23Cl2N3O/c1-14-9-15(2)11-16(10-14)23-20(26)13-24-5-7-25(8-6-24)17-3-4-18(21)19(22)12-17/h3-4,9-12H,5-8,13H2,1-2H3,(H,23,26). The first-order valence-corrected chi connectivity index (χ1v) is 9.47. The van der Waals surface area contributed by atoms with E-state index in [1.54, 1.807) is 0 Å². The second-order valence-corrected chi connectivity index (χ2v) is 7.60. The van der Waals surface area contributed by atoms with Crippen molar-refractivity contribution in [1.29, 1.82) is 0 Å². The maximum absolute atomic E-state index is 12.3.